The van der Waals surface area contributed by atoms with Gasteiger partial charge in [-0.15, -0.1) is 0 Å². The van der Waals surface area contributed by atoms with Crippen molar-refractivity contribution in [3.8, 4) is 0 Å². The van der Waals surface area contributed by atoms with Crippen molar-refractivity contribution in [2.45, 2.75) is 13.3 Å². The molecule has 1 unspecified atom stereocenters. The molecule has 2 aliphatic carbocycles. The van der Waals surface area contributed by atoms with Crippen molar-refractivity contribution < 1.29 is 0 Å². The Morgan fingerprint density at radius 2 is 2.50 bits per heavy atom. The van der Waals surface area contributed by atoms with Gasteiger partial charge in [-0.05, 0) is 25.2 Å². The van der Waals surface area contributed by atoms with Gasteiger partial charge >= 0.3 is 0 Å². The fourth-order valence-corrected chi connectivity index (χ4v) is 1.42. The molecule has 0 aromatic rings. The molecule has 1 saturated carbocycles. The van der Waals surface area contributed by atoms with E-state index in [1.807, 2.05) is 0 Å². The molecule has 2 atom stereocenters. The van der Waals surface area contributed by atoms with E-state index < -0.39 is 0 Å². The van der Waals surface area contributed by atoms with Gasteiger partial charge in [-0.2, -0.15) is 0 Å². The van der Waals surface area contributed by atoms with Crippen LogP contribution in [0.5, 0.6) is 0 Å². The van der Waals surface area contributed by atoms with Gasteiger partial charge in [-0.3, -0.25) is 0 Å². The summed E-state index contributed by atoms with van der Waals surface area (Å²) < 4.78 is 0. The zero-order valence-corrected chi connectivity index (χ0v) is 5.09. The van der Waals surface area contributed by atoms with Gasteiger partial charge in [0.2, 0.25) is 0 Å². The van der Waals surface area contributed by atoms with Crippen molar-refractivity contribution in [1.29, 1.82) is 0 Å². The molecule has 0 bridgehead atoms. The van der Waals surface area contributed by atoms with Gasteiger partial charge < -0.3 is 0 Å². The molecule has 1 fully saturated rings. The second-order valence-electron chi connectivity index (χ2n) is 2.80. The summed E-state index contributed by atoms with van der Waals surface area (Å²) in [6.07, 6.45) is 8.15. The SMILES string of the molecule is CC1=CC=C[C@@H]2CC12. The van der Waals surface area contributed by atoms with E-state index in [0.29, 0.717) is 0 Å². The van der Waals surface area contributed by atoms with E-state index in [0.717, 1.165) is 11.8 Å². The topological polar surface area (TPSA) is 0 Å². The monoisotopic (exact) mass is 106 g/mol. The third-order valence-electron chi connectivity index (χ3n) is 2.14. The van der Waals surface area contributed by atoms with Crippen LogP contribution < -0.4 is 0 Å². The Hall–Kier alpha value is -0.520. The van der Waals surface area contributed by atoms with E-state index in [9.17, 15) is 0 Å². The Morgan fingerprint density at radius 3 is 3.12 bits per heavy atom. The maximum Gasteiger partial charge on any atom is -0.0134 e. The molecular formula is C8H10. The van der Waals surface area contributed by atoms with Gasteiger partial charge in [0.1, 0.15) is 0 Å². The van der Waals surface area contributed by atoms with Crippen LogP contribution in [-0.2, 0) is 0 Å². The molecular weight excluding hydrogens is 96.1 g/mol. The Balaban J connectivity index is 2.30. The summed E-state index contributed by atoms with van der Waals surface area (Å²) in [5.41, 5.74) is 1.58. The summed E-state index contributed by atoms with van der Waals surface area (Å²) in [5, 5.41) is 0. The summed E-state index contributed by atoms with van der Waals surface area (Å²) >= 11 is 0. The van der Waals surface area contributed by atoms with Crippen LogP contribution in [0.4, 0.5) is 0 Å². The third-order valence-corrected chi connectivity index (χ3v) is 2.14. The minimum atomic E-state index is 0.931. The van der Waals surface area contributed by atoms with Crippen LogP contribution in [0.25, 0.3) is 0 Å². The van der Waals surface area contributed by atoms with Gasteiger partial charge in [-0.25, -0.2) is 0 Å². The number of hydrogen-bond acceptors (Lipinski definition) is 0. The normalized spacial score (nSPS) is 40.9. The lowest BCUT2D eigenvalue weighted by atomic mass is 10.1. The predicted molar refractivity (Wildman–Crippen MR) is 34.5 cm³/mol. The molecule has 0 aliphatic heterocycles. The highest BCUT2D eigenvalue weighted by atomic mass is 14.4. The zero-order valence-electron chi connectivity index (χ0n) is 5.09. The van der Waals surface area contributed by atoms with E-state index in [1.165, 1.54) is 6.42 Å². The largest absolute Gasteiger partial charge is 0.0808 e. The molecule has 0 amide bonds. The average molecular weight is 106 g/mol. The second kappa shape index (κ2) is 1.25. The molecule has 0 aromatic carbocycles. The van der Waals surface area contributed by atoms with Crippen LogP contribution >= 0.6 is 0 Å². The molecule has 0 aromatic heterocycles. The lowest BCUT2D eigenvalue weighted by Crippen LogP contribution is -1.84. The van der Waals surface area contributed by atoms with Crippen molar-refractivity contribution in [3.63, 3.8) is 0 Å². The molecule has 0 nitrogen and oxygen atoms in total. The van der Waals surface area contributed by atoms with Crippen molar-refractivity contribution in [2.75, 3.05) is 0 Å². The summed E-state index contributed by atoms with van der Waals surface area (Å²) in [5.74, 6) is 1.87. The fourth-order valence-electron chi connectivity index (χ4n) is 1.42. The van der Waals surface area contributed by atoms with E-state index in [2.05, 4.69) is 25.2 Å². The third kappa shape index (κ3) is 0.459. The van der Waals surface area contributed by atoms with Crippen LogP contribution in [0.1, 0.15) is 13.3 Å². The Morgan fingerprint density at radius 1 is 1.62 bits per heavy atom. The first kappa shape index (κ1) is 4.37. The lowest BCUT2D eigenvalue weighted by Gasteiger charge is -1.98. The molecule has 0 heteroatoms. The van der Waals surface area contributed by atoms with E-state index in [4.69, 9.17) is 0 Å². The summed E-state index contributed by atoms with van der Waals surface area (Å²) in [6, 6.07) is 0. The van der Waals surface area contributed by atoms with Crippen LogP contribution in [-0.4, -0.2) is 0 Å². The first-order chi connectivity index (χ1) is 3.88. The zero-order chi connectivity index (χ0) is 5.56. The van der Waals surface area contributed by atoms with Crippen LogP contribution in [0.15, 0.2) is 23.8 Å². The first-order valence-electron chi connectivity index (χ1n) is 3.23. The highest BCUT2D eigenvalue weighted by molar-refractivity contribution is 5.28. The number of fused-ring (bicyclic) bond motifs is 1. The maximum absolute atomic E-state index is 2.32. The van der Waals surface area contributed by atoms with Crippen LogP contribution in [0.2, 0.25) is 0 Å². The first-order valence-corrected chi connectivity index (χ1v) is 3.23. The van der Waals surface area contributed by atoms with Gasteiger partial charge in [0.05, 0.1) is 0 Å². The molecule has 0 N–H and O–H groups in total. The molecule has 0 saturated heterocycles. The highest BCUT2D eigenvalue weighted by Gasteiger charge is 2.36. The van der Waals surface area contributed by atoms with E-state index >= 15 is 0 Å². The fraction of sp³-hybridized carbons (Fsp3) is 0.500. The van der Waals surface area contributed by atoms with Crippen LogP contribution in [0, 0.1) is 11.8 Å². The molecule has 2 rings (SSSR count). The van der Waals surface area contributed by atoms with Crippen LogP contribution in [0.3, 0.4) is 0 Å². The van der Waals surface area contributed by atoms with Gasteiger partial charge in [-0.1, -0.05) is 23.8 Å². The van der Waals surface area contributed by atoms with Gasteiger partial charge in [0.15, 0.2) is 0 Å². The number of hydrogen-bond donors (Lipinski definition) is 0. The summed E-state index contributed by atoms with van der Waals surface area (Å²) in [4.78, 5) is 0. The van der Waals surface area contributed by atoms with E-state index in [1.54, 1.807) is 5.57 Å². The minimum absolute atomic E-state index is 0.931. The van der Waals surface area contributed by atoms with Gasteiger partial charge in [0, 0.05) is 0 Å². The Bertz CT molecular complexity index is 163. The molecule has 0 radical (unpaired) electrons. The molecule has 0 heterocycles. The Kier molecular flexibility index (Phi) is 0.682. The Labute approximate surface area is 49.9 Å². The average Bonchev–Trinajstić information content (AvgIpc) is 2.45. The number of allylic oxidation sites excluding steroid dienone is 4. The van der Waals surface area contributed by atoms with E-state index in [-0.39, 0.29) is 0 Å². The minimum Gasteiger partial charge on any atom is -0.0808 e. The van der Waals surface area contributed by atoms with Crippen molar-refractivity contribution >= 4 is 0 Å². The standard InChI is InChI=1S/C8H10/c1-6-3-2-4-7-5-8(6)7/h2-4,7-8H,5H2,1H3/t7-,8?/m1/s1. The summed E-state index contributed by atoms with van der Waals surface area (Å²) in [7, 11) is 0. The smallest absolute Gasteiger partial charge is 0.0134 e. The quantitative estimate of drug-likeness (QED) is 0.444. The second-order valence-corrected chi connectivity index (χ2v) is 2.80. The highest BCUT2D eigenvalue weighted by Crippen LogP contribution is 2.46. The molecule has 42 valence electrons. The van der Waals surface area contributed by atoms with Gasteiger partial charge in [0.25, 0.3) is 0 Å². The predicted octanol–water partition coefficient (Wildman–Crippen LogP) is 2.14. The number of rotatable bonds is 0. The molecule has 8 heavy (non-hydrogen) atoms. The summed E-state index contributed by atoms with van der Waals surface area (Å²) in [6.45, 7) is 2.23. The molecule has 0 spiro atoms. The van der Waals surface area contributed by atoms with Crippen molar-refractivity contribution in [1.82, 2.24) is 0 Å². The lowest BCUT2D eigenvalue weighted by molar-refractivity contribution is 0.909. The van der Waals surface area contributed by atoms with Crippen molar-refractivity contribution in [3.05, 3.63) is 23.8 Å². The maximum atomic E-state index is 2.32. The van der Waals surface area contributed by atoms with Crippen molar-refractivity contribution in [2.24, 2.45) is 11.8 Å². The molecule has 2 aliphatic rings.